The fourth-order valence-electron chi connectivity index (χ4n) is 5.06. The van der Waals surface area contributed by atoms with Crippen molar-refractivity contribution in [3.63, 3.8) is 0 Å². The lowest BCUT2D eigenvalue weighted by atomic mass is 9.96. The Hall–Kier alpha value is -4.14. The number of carbonyl (C=O) groups is 3. The van der Waals surface area contributed by atoms with Gasteiger partial charge < -0.3 is 20.5 Å². The maximum atomic E-state index is 13.5. The lowest BCUT2D eigenvalue weighted by molar-refractivity contribution is -0.149. The number of aliphatic hydroxyl groups is 1. The lowest BCUT2D eigenvalue weighted by Gasteiger charge is -2.24. The van der Waals surface area contributed by atoms with E-state index in [1.165, 1.54) is 0 Å². The highest BCUT2D eigenvalue weighted by Crippen LogP contribution is 2.18. The smallest absolute Gasteiger partial charge is 0.309 e. The Morgan fingerprint density at radius 1 is 0.739 bits per heavy atom. The number of rotatable bonds is 21. The molecule has 0 unspecified atom stereocenters. The van der Waals surface area contributed by atoms with E-state index in [1.807, 2.05) is 91.0 Å². The molecule has 8 heteroatoms. The number of carbonyl (C=O) groups excluding carboxylic acids is 3. The predicted molar refractivity (Wildman–Crippen MR) is 186 cm³/mol. The van der Waals surface area contributed by atoms with E-state index < -0.39 is 18.0 Å². The molecule has 3 aromatic carbocycles. The van der Waals surface area contributed by atoms with Gasteiger partial charge in [-0.1, -0.05) is 103 Å². The van der Waals surface area contributed by atoms with Crippen molar-refractivity contribution in [1.29, 1.82) is 0 Å². The Morgan fingerprint density at radius 2 is 1.28 bits per heavy atom. The normalized spacial score (nSPS) is 13.4. The number of hydrogen-bond donors (Lipinski definition) is 3. The number of ether oxygens (including phenoxy) is 1. The second kappa shape index (κ2) is 20.8. The van der Waals surface area contributed by atoms with E-state index in [-0.39, 0.29) is 43.3 Å². The van der Waals surface area contributed by atoms with Crippen molar-refractivity contribution < 1.29 is 24.2 Å². The highest BCUT2D eigenvalue weighted by atomic mass is 32.2. The third-order valence-corrected chi connectivity index (χ3v) is 8.65. The van der Waals surface area contributed by atoms with Crippen LogP contribution in [0.2, 0.25) is 0 Å². The van der Waals surface area contributed by atoms with E-state index in [0.717, 1.165) is 22.4 Å². The Labute approximate surface area is 277 Å². The monoisotopic (exact) mass is 642 g/mol. The minimum Gasteiger partial charge on any atom is -0.463 e. The summed E-state index contributed by atoms with van der Waals surface area (Å²) in [5.74, 6) is -0.796. The van der Waals surface area contributed by atoms with Gasteiger partial charge in [-0.3, -0.25) is 14.4 Å². The lowest BCUT2D eigenvalue weighted by Crippen LogP contribution is -2.46. The topological polar surface area (TPSA) is 105 Å². The number of aliphatic hydroxyl groups excluding tert-OH is 1. The van der Waals surface area contributed by atoms with E-state index in [2.05, 4.69) is 23.8 Å². The quantitative estimate of drug-likeness (QED) is 0.102. The average molecular weight is 643 g/mol. The Kier molecular flexibility index (Phi) is 16.4. The van der Waals surface area contributed by atoms with Crippen LogP contribution in [-0.2, 0) is 37.7 Å². The molecule has 0 radical (unpaired) electrons. The van der Waals surface area contributed by atoms with Crippen LogP contribution < -0.4 is 10.6 Å². The summed E-state index contributed by atoms with van der Waals surface area (Å²) in [6.45, 7) is 7.38. The van der Waals surface area contributed by atoms with Crippen molar-refractivity contribution in [3.8, 4) is 0 Å². The maximum absolute atomic E-state index is 13.5. The molecule has 0 bridgehead atoms. The number of amides is 2. The summed E-state index contributed by atoms with van der Waals surface area (Å²) in [5, 5.41) is 15.8. The van der Waals surface area contributed by atoms with Crippen LogP contribution in [0.1, 0.15) is 36.0 Å². The standard InChI is InChI=1S/C38H46N2O5S/c1-3-14-32(24-36(42)39-34(25-41)23-30-18-10-6-11-19-30)37(43)40-35(28-46-27-31-20-12-7-13-21-31)26-45-38(44)33(15-4-2)22-29-16-8-5-9-17-29/h3-13,16-21,32-35,41H,1-2,14-15,22-28H2,(H,39,42)(H,40,43)/t32-,33-,34-,35-/m1/s1. The van der Waals surface area contributed by atoms with Crippen molar-refractivity contribution in [2.75, 3.05) is 19.0 Å². The molecule has 0 aliphatic carbocycles. The summed E-state index contributed by atoms with van der Waals surface area (Å²) in [4.78, 5) is 39.7. The highest BCUT2D eigenvalue weighted by Gasteiger charge is 2.26. The van der Waals surface area contributed by atoms with Gasteiger partial charge in [-0.05, 0) is 42.4 Å². The number of nitrogens with one attached hydrogen (secondary N) is 2. The molecule has 244 valence electrons. The molecular formula is C38H46N2O5S. The van der Waals surface area contributed by atoms with E-state index in [1.54, 1.807) is 23.9 Å². The van der Waals surface area contributed by atoms with E-state index >= 15 is 0 Å². The van der Waals surface area contributed by atoms with Crippen LogP contribution in [0.5, 0.6) is 0 Å². The van der Waals surface area contributed by atoms with Gasteiger partial charge in [-0.25, -0.2) is 0 Å². The summed E-state index contributed by atoms with van der Waals surface area (Å²) in [5.41, 5.74) is 3.18. The third kappa shape index (κ3) is 13.5. The summed E-state index contributed by atoms with van der Waals surface area (Å²) in [6.07, 6.45) is 5.05. The highest BCUT2D eigenvalue weighted by molar-refractivity contribution is 7.98. The zero-order valence-electron chi connectivity index (χ0n) is 26.4. The number of esters is 1. The van der Waals surface area contributed by atoms with E-state index in [0.29, 0.717) is 31.4 Å². The first kappa shape index (κ1) is 36.3. The van der Waals surface area contributed by atoms with Crippen molar-refractivity contribution >= 4 is 29.5 Å². The fraction of sp³-hybridized carbons (Fsp3) is 0.342. The molecule has 0 aliphatic heterocycles. The van der Waals surface area contributed by atoms with Crippen LogP contribution >= 0.6 is 11.8 Å². The Morgan fingerprint density at radius 3 is 1.85 bits per heavy atom. The molecule has 3 aromatic rings. The van der Waals surface area contributed by atoms with Gasteiger partial charge >= 0.3 is 5.97 Å². The number of allylic oxidation sites excluding steroid dienone is 2. The van der Waals surface area contributed by atoms with Gasteiger partial charge in [0, 0.05) is 17.9 Å². The summed E-state index contributed by atoms with van der Waals surface area (Å²) in [7, 11) is 0. The molecule has 0 fully saturated rings. The van der Waals surface area contributed by atoms with Gasteiger partial charge in [0.1, 0.15) is 6.61 Å². The van der Waals surface area contributed by atoms with Crippen molar-refractivity contribution in [2.45, 2.75) is 49.9 Å². The van der Waals surface area contributed by atoms with Gasteiger partial charge in [-0.2, -0.15) is 11.8 Å². The minimum atomic E-state index is -0.669. The van der Waals surface area contributed by atoms with Crippen molar-refractivity contribution in [2.24, 2.45) is 11.8 Å². The molecule has 0 saturated heterocycles. The van der Waals surface area contributed by atoms with Crippen LogP contribution in [0.3, 0.4) is 0 Å². The first-order valence-corrected chi connectivity index (χ1v) is 16.9. The van der Waals surface area contributed by atoms with Crippen LogP contribution in [-0.4, -0.2) is 53.9 Å². The van der Waals surface area contributed by atoms with E-state index in [9.17, 15) is 19.5 Å². The molecule has 0 heterocycles. The molecule has 46 heavy (non-hydrogen) atoms. The van der Waals surface area contributed by atoms with Crippen LogP contribution in [0.15, 0.2) is 116 Å². The first-order chi connectivity index (χ1) is 22.4. The second-order valence-corrected chi connectivity index (χ2v) is 12.3. The number of benzene rings is 3. The van der Waals surface area contributed by atoms with Crippen molar-refractivity contribution in [1.82, 2.24) is 10.6 Å². The molecule has 2 amide bonds. The van der Waals surface area contributed by atoms with Crippen molar-refractivity contribution in [3.05, 3.63) is 133 Å². The predicted octanol–water partition coefficient (Wildman–Crippen LogP) is 5.69. The van der Waals surface area contributed by atoms with Crippen LogP contribution in [0.25, 0.3) is 0 Å². The average Bonchev–Trinajstić information content (AvgIpc) is 3.07. The number of hydrogen-bond acceptors (Lipinski definition) is 6. The molecule has 3 rings (SSSR count). The van der Waals surface area contributed by atoms with Gasteiger partial charge in [0.05, 0.1) is 30.5 Å². The summed E-state index contributed by atoms with van der Waals surface area (Å²) >= 11 is 1.63. The first-order valence-electron chi connectivity index (χ1n) is 15.7. The molecule has 3 N–H and O–H groups in total. The molecule has 4 atom stereocenters. The molecule has 0 aliphatic rings. The minimum absolute atomic E-state index is 0.00542. The van der Waals surface area contributed by atoms with Gasteiger partial charge in [0.2, 0.25) is 11.8 Å². The SMILES string of the molecule is C=CC[C@H](CC(=O)N[C@@H](CO)Cc1ccccc1)C(=O)N[C@H](COC(=O)[C@H](CC=C)Cc1ccccc1)CSCc1ccccc1. The third-order valence-electron chi connectivity index (χ3n) is 7.48. The van der Waals surface area contributed by atoms with Gasteiger partial charge in [0.15, 0.2) is 0 Å². The van der Waals surface area contributed by atoms with Crippen LogP contribution in [0.4, 0.5) is 0 Å². The second-order valence-electron chi connectivity index (χ2n) is 11.3. The molecule has 7 nitrogen and oxygen atoms in total. The fourth-order valence-corrected chi connectivity index (χ4v) is 6.07. The largest absolute Gasteiger partial charge is 0.463 e. The summed E-state index contributed by atoms with van der Waals surface area (Å²) < 4.78 is 5.80. The number of thioether (sulfide) groups is 1. The molecule has 0 spiro atoms. The zero-order valence-corrected chi connectivity index (χ0v) is 27.2. The Balaban J connectivity index is 1.63. The maximum Gasteiger partial charge on any atom is 0.309 e. The Bertz CT molecular complexity index is 1350. The van der Waals surface area contributed by atoms with Gasteiger partial charge in [0.25, 0.3) is 0 Å². The molecule has 0 aromatic heterocycles. The van der Waals surface area contributed by atoms with Gasteiger partial charge in [-0.15, -0.1) is 13.2 Å². The van der Waals surface area contributed by atoms with E-state index in [4.69, 9.17) is 4.74 Å². The van der Waals surface area contributed by atoms with Crippen LogP contribution in [0, 0.1) is 11.8 Å². The summed E-state index contributed by atoms with van der Waals surface area (Å²) in [6, 6.07) is 28.4. The zero-order chi connectivity index (χ0) is 33.0. The molecule has 0 saturated carbocycles. The molecular weight excluding hydrogens is 596 g/mol.